The molecule has 136 valence electrons. The molecule has 0 saturated carbocycles. The van der Waals surface area contributed by atoms with E-state index >= 15 is 0 Å². The summed E-state index contributed by atoms with van der Waals surface area (Å²) in [6.45, 7) is 7.03. The van der Waals surface area contributed by atoms with E-state index in [2.05, 4.69) is 16.0 Å². The van der Waals surface area contributed by atoms with E-state index in [0.717, 1.165) is 39.6 Å². The van der Waals surface area contributed by atoms with Crippen LogP contribution in [0.1, 0.15) is 18.7 Å². The average Bonchev–Trinajstić information content (AvgIpc) is 3.07. The fourth-order valence-electron chi connectivity index (χ4n) is 2.89. The Bertz CT molecular complexity index is 925. The van der Waals surface area contributed by atoms with Gasteiger partial charge in [-0.25, -0.2) is 15.0 Å². The van der Waals surface area contributed by atoms with E-state index in [1.807, 2.05) is 19.9 Å². The second kappa shape index (κ2) is 6.46. The lowest BCUT2D eigenvalue weighted by atomic mass is 10.1. The Hall–Kier alpha value is -2.29. The van der Waals surface area contributed by atoms with Gasteiger partial charge in [-0.05, 0) is 32.0 Å². The van der Waals surface area contributed by atoms with Gasteiger partial charge in [0.05, 0.1) is 23.4 Å². The van der Waals surface area contributed by atoms with E-state index < -0.39 is 5.54 Å². The number of rotatable bonds is 3. The van der Waals surface area contributed by atoms with Crippen molar-refractivity contribution in [2.24, 2.45) is 5.73 Å². The van der Waals surface area contributed by atoms with Gasteiger partial charge < -0.3 is 21.1 Å². The quantitative estimate of drug-likeness (QED) is 0.729. The summed E-state index contributed by atoms with van der Waals surface area (Å²) in [5.74, 6) is 2.06. The van der Waals surface area contributed by atoms with Crippen LogP contribution in [0.4, 0.5) is 11.6 Å². The Balaban J connectivity index is 1.89. The highest BCUT2D eigenvalue weighted by Gasteiger charge is 2.23. The standard InChI is InChI=1S/C18H22N6OS/c1-18(2,20)13-9-12-15(26-13)17(24-5-7-25-8-6-24)23-16(22-12)11-3-4-14(19)21-10-11/h3-4,9-10H,5-8,20H2,1-2H3,(H2,19,21). The predicted molar refractivity (Wildman–Crippen MR) is 105 cm³/mol. The molecule has 0 atom stereocenters. The van der Waals surface area contributed by atoms with Crippen LogP contribution in [0.15, 0.2) is 24.4 Å². The molecule has 7 nitrogen and oxygen atoms in total. The van der Waals surface area contributed by atoms with Crippen molar-refractivity contribution in [2.75, 3.05) is 36.9 Å². The summed E-state index contributed by atoms with van der Waals surface area (Å²) in [5.41, 5.74) is 13.4. The normalized spacial score (nSPS) is 15.6. The van der Waals surface area contributed by atoms with E-state index in [4.69, 9.17) is 26.2 Å². The topological polar surface area (TPSA) is 103 Å². The lowest BCUT2D eigenvalue weighted by Crippen LogP contribution is -2.36. The number of hydrogen-bond acceptors (Lipinski definition) is 8. The van der Waals surface area contributed by atoms with Crippen LogP contribution in [0.25, 0.3) is 21.6 Å². The molecule has 3 aromatic rings. The zero-order valence-corrected chi connectivity index (χ0v) is 15.7. The highest BCUT2D eigenvalue weighted by Crippen LogP contribution is 2.37. The number of pyridine rings is 1. The van der Waals surface area contributed by atoms with Gasteiger partial charge in [0.2, 0.25) is 0 Å². The van der Waals surface area contributed by atoms with Crippen LogP contribution in [0, 0.1) is 0 Å². The molecule has 1 aliphatic rings. The Morgan fingerprint density at radius 1 is 1.19 bits per heavy atom. The largest absolute Gasteiger partial charge is 0.384 e. The molecule has 1 saturated heterocycles. The van der Waals surface area contributed by atoms with Crippen molar-refractivity contribution < 1.29 is 4.74 Å². The van der Waals surface area contributed by atoms with Crippen molar-refractivity contribution in [1.29, 1.82) is 0 Å². The number of fused-ring (bicyclic) bond motifs is 1. The smallest absolute Gasteiger partial charge is 0.163 e. The van der Waals surface area contributed by atoms with Gasteiger partial charge in [-0.2, -0.15) is 0 Å². The van der Waals surface area contributed by atoms with Crippen molar-refractivity contribution in [2.45, 2.75) is 19.4 Å². The van der Waals surface area contributed by atoms with Gasteiger partial charge in [0.25, 0.3) is 0 Å². The SMILES string of the molecule is CC(C)(N)c1cc2nc(-c3ccc(N)nc3)nc(N3CCOCC3)c2s1. The van der Waals surface area contributed by atoms with Crippen molar-refractivity contribution in [3.63, 3.8) is 0 Å². The van der Waals surface area contributed by atoms with Gasteiger partial charge in [0.15, 0.2) is 11.6 Å². The van der Waals surface area contributed by atoms with Crippen molar-refractivity contribution in [1.82, 2.24) is 15.0 Å². The first-order valence-electron chi connectivity index (χ1n) is 8.57. The number of nitrogens with two attached hydrogens (primary N) is 2. The van der Waals surface area contributed by atoms with Crippen LogP contribution >= 0.6 is 11.3 Å². The molecule has 0 amide bonds. The number of morpholine rings is 1. The average molecular weight is 370 g/mol. The van der Waals surface area contributed by atoms with Crippen LogP contribution in [0.5, 0.6) is 0 Å². The second-order valence-corrected chi connectivity index (χ2v) is 8.04. The van der Waals surface area contributed by atoms with Crippen molar-refractivity contribution in [3.8, 4) is 11.4 Å². The number of thiophene rings is 1. The molecule has 1 aliphatic heterocycles. The Morgan fingerprint density at radius 2 is 1.96 bits per heavy atom. The Morgan fingerprint density at radius 3 is 2.62 bits per heavy atom. The number of hydrogen-bond donors (Lipinski definition) is 2. The van der Waals surface area contributed by atoms with Gasteiger partial charge in [-0.1, -0.05) is 0 Å². The first-order chi connectivity index (χ1) is 12.4. The molecule has 0 bridgehead atoms. The fraction of sp³-hybridized carbons (Fsp3) is 0.389. The first kappa shape index (κ1) is 17.1. The predicted octanol–water partition coefficient (Wildman–Crippen LogP) is 2.37. The monoisotopic (exact) mass is 370 g/mol. The van der Waals surface area contributed by atoms with Gasteiger partial charge in [-0.15, -0.1) is 11.3 Å². The molecule has 1 fully saturated rings. The van der Waals surface area contributed by atoms with E-state index in [0.29, 0.717) is 24.9 Å². The minimum Gasteiger partial charge on any atom is -0.384 e. The summed E-state index contributed by atoms with van der Waals surface area (Å²) >= 11 is 1.66. The summed E-state index contributed by atoms with van der Waals surface area (Å²) < 4.78 is 6.56. The van der Waals surface area contributed by atoms with Crippen LogP contribution in [-0.2, 0) is 10.3 Å². The fourth-order valence-corrected chi connectivity index (χ4v) is 4.02. The van der Waals surface area contributed by atoms with Crippen molar-refractivity contribution >= 4 is 33.2 Å². The molecule has 0 aromatic carbocycles. The third-order valence-corrected chi connectivity index (χ3v) is 5.80. The number of aromatic nitrogens is 3. The molecule has 0 aliphatic carbocycles. The third-order valence-electron chi connectivity index (χ3n) is 4.34. The molecular weight excluding hydrogens is 348 g/mol. The van der Waals surface area contributed by atoms with Gasteiger partial charge in [0, 0.05) is 35.3 Å². The molecule has 26 heavy (non-hydrogen) atoms. The summed E-state index contributed by atoms with van der Waals surface area (Å²) in [6, 6.07) is 5.73. The number of ether oxygens (including phenoxy) is 1. The van der Waals surface area contributed by atoms with E-state index in [9.17, 15) is 0 Å². The maximum atomic E-state index is 6.32. The molecule has 4 heterocycles. The zero-order chi connectivity index (χ0) is 18.3. The van der Waals surface area contributed by atoms with E-state index in [1.54, 1.807) is 23.6 Å². The molecule has 3 aromatic heterocycles. The molecule has 0 unspecified atom stereocenters. The summed E-state index contributed by atoms with van der Waals surface area (Å²) in [7, 11) is 0. The van der Waals surface area contributed by atoms with Crippen molar-refractivity contribution in [3.05, 3.63) is 29.3 Å². The minimum absolute atomic E-state index is 0.420. The maximum Gasteiger partial charge on any atom is 0.163 e. The van der Waals surface area contributed by atoms with Crippen LogP contribution in [0.2, 0.25) is 0 Å². The molecule has 8 heteroatoms. The van der Waals surface area contributed by atoms with Gasteiger partial charge >= 0.3 is 0 Å². The van der Waals surface area contributed by atoms with Crippen LogP contribution in [0.3, 0.4) is 0 Å². The van der Waals surface area contributed by atoms with Gasteiger partial charge in [-0.3, -0.25) is 0 Å². The summed E-state index contributed by atoms with van der Waals surface area (Å²) in [5, 5.41) is 0. The van der Waals surface area contributed by atoms with Crippen LogP contribution < -0.4 is 16.4 Å². The van der Waals surface area contributed by atoms with E-state index in [-0.39, 0.29) is 0 Å². The third kappa shape index (κ3) is 3.23. The maximum absolute atomic E-state index is 6.32. The molecule has 4 rings (SSSR count). The lowest BCUT2D eigenvalue weighted by molar-refractivity contribution is 0.122. The zero-order valence-electron chi connectivity index (χ0n) is 14.9. The molecule has 4 N–H and O–H groups in total. The number of nitrogens with zero attached hydrogens (tertiary/aromatic N) is 4. The number of anilines is 2. The molecular formula is C18H22N6OS. The second-order valence-electron chi connectivity index (χ2n) is 6.99. The van der Waals surface area contributed by atoms with Crippen LogP contribution in [-0.4, -0.2) is 41.3 Å². The van der Waals surface area contributed by atoms with E-state index in [1.165, 1.54) is 0 Å². The number of nitrogen functional groups attached to an aromatic ring is 1. The Labute approximate surface area is 156 Å². The lowest BCUT2D eigenvalue weighted by Gasteiger charge is -2.28. The minimum atomic E-state index is -0.420. The molecule has 0 spiro atoms. The molecule has 0 radical (unpaired) electrons. The Kier molecular flexibility index (Phi) is 4.26. The highest BCUT2D eigenvalue weighted by atomic mass is 32.1. The summed E-state index contributed by atoms with van der Waals surface area (Å²) in [4.78, 5) is 17.1. The first-order valence-corrected chi connectivity index (χ1v) is 9.39. The highest BCUT2D eigenvalue weighted by molar-refractivity contribution is 7.19. The van der Waals surface area contributed by atoms with Gasteiger partial charge in [0.1, 0.15) is 5.82 Å². The summed E-state index contributed by atoms with van der Waals surface area (Å²) in [6.07, 6.45) is 1.71.